The molecule has 3 rings (SSSR count). The lowest BCUT2D eigenvalue weighted by Gasteiger charge is -2.05. The molecule has 7 heteroatoms. The van der Waals surface area contributed by atoms with E-state index < -0.39 is 11.5 Å². The Bertz CT molecular complexity index is 635. The Morgan fingerprint density at radius 2 is 2.53 bits per heavy atom. The van der Waals surface area contributed by atoms with Gasteiger partial charge in [-0.15, -0.1) is 11.3 Å². The number of aromatic nitrogens is 2. The molecule has 2 heterocycles. The van der Waals surface area contributed by atoms with Gasteiger partial charge in [-0.05, 0) is 13.3 Å². The summed E-state index contributed by atoms with van der Waals surface area (Å²) >= 11 is 7.56. The van der Waals surface area contributed by atoms with Crippen LogP contribution >= 0.6 is 22.9 Å². The summed E-state index contributed by atoms with van der Waals surface area (Å²) in [6.45, 7) is 1.94. The molecule has 2 atom stereocenters. The molecule has 0 saturated heterocycles. The van der Waals surface area contributed by atoms with E-state index in [1.54, 1.807) is 0 Å². The van der Waals surface area contributed by atoms with E-state index in [1.165, 1.54) is 11.3 Å². The van der Waals surface area contributed by atoms with Crippen molar-refractivity contribution < 1.29 is 9.90 Å². The van der Waals surface area contributed by atoms with Crippen LogP contribution in [0.3, 0.4) is 0 Å². The van der Waals surface area contributed by atoms with Crippen molar-refractivity contribution in [2.75, 3.05) is 0 Å². The van der Waals surface area contributed by atoms with Gasteiger partial charge >= 0.3 is 5.97 Å². The largest absolute Gasteiger partial charge is 0.480 e. The van der Waals surface area contributed by atoms with E-state index in [4.69, 9.17) is 22.4 Å². The number of aliphatic carboxylic acids is 1. The predicted molar refractivity (Wildman–Crippen MR) is 64.7 cm³/mol. The lowest BCUT2D eigenvalue weighted by molar-refractivity contribution is -0.139. The lowest BCUT2D eigenvalue weighted by atomic mass is 10.2. The van der Waals surface area contributed by atoms with Crippen LogP contribution in [0.5, 0.6) is 0 Å². The Hall–Kier alpha value is -1.11. The van der Waals surface area contributed by atoms with E-state index in [2.05, 4.69) is 4.98 Å². The summed E-state index contributed by atoms with van der Waals surface area (Å²) in [5, 5.41) is 11.4. The fraction of sp³-hybridized carbons (Fsp3) is 0.400. The predicted octanol–water partition coefficient (Wildman–Crippen LogP) is 1.63. The fourth-order valence-electron chi connectivity index (χ4n) is 2.15. The van der Waals surface area contributed by atoms with E-state index in [1.807, 2.05) is 16.7 Å². The van der Waals surface area contributed by atoms with Gasteiger partial charge in [0.1, 0.15) is 5.54 Å². The van der Waals surface area contributed by atoms with Crippen LogP contribution in [0.4, 0.5) is 0 Å². The second-order valence-corrected chi connectivity index (χ2v) is 5.58. The maximum Gasteiger partial charge on any atom is 0.324 e. The summed E-state index contributed by atoms with van der Waals surface area (Å²) in [6, 6.07) is 0. The molecular formula is C10H10ClN3O2S. The van der Waals surface area contributed by atoms with Crippen molar-refractivity contribution in [3.63, 3.8) is 0 Å². The standard InChI is InChI=1S/C10H10ClN3O2S/c1-4-3-17-9-13-7(11)6(14(4)9)5-2-10(5,12)8(15)16/h3,5H,2,12H2,1H3,(H,15,16). The summed E-state index contributed by atoms with van der Waals surface area (Å²) in [5.74, 6) is -1.24. The minimum absolute atomic E-state index is 0.254. The van der Waals surface area contributed by atoms with Crippen LogP contribution < -0.4 is 5.73 Å². The molecule has 0 aliphatic heterocycles. The van der Waals surface area contributed by atoms with Crippen molar-refractivity contribution >= 4 is 33.9 Å². The number of imidazole rings is 1. The Morgan fingerprint density at radius 3 is 3.12 bits per heavy atom. The highest BCUT2D eigenvalue weighted by atomic mass is 35.5. The van der Waals surface area contributed by atoms with Crippen molar-refractivity contribution in [2.24, 2.45) is 5.73 Å². The fourth-order valence-corrected chi connectivity index (χ4v) is 3.37. The van der Waals surface area contributed by atoms with Gasteiger partial charge in [0.05, 0.1) is 5.69 Å². The first-order valence-electron chi connectivity index (χ1n) is 5.09. The van der Waals surface area contributed by atoms with E-state index in [0.29, 0.717) is 11.6 Å². The molecule has 2 aromatic rings. The van der Waals surface area contributed by atoms with Crippen LogP contribution in [0.25, 0.3) is 4.96 Å². The third-order valence-electron chi connectivity index (χ3n) is 3.26. The summed E-state index contributed by atoms with van der Waals surface area (Å²) in [4.78, 5) is 16.1. The van der Waals surface area contributed by atoms with Crippen molar-refractivity contribution in [1.82, 2.24) is 9.38 Å². The molecule has 2 aromatic heterocycles. The van der Waals surface area contributed by atoms with E-state index >= 15 is 0 Å². The number of carboxylic acids is 1. The van der Waals surface area contributed by atoms with Crippen molar-refractivity contribution in [1.29, 1.82) is 0 Å². The zero-order valence-electron chi connectivity index (χ0n) is 8.98. The van der Waals surface area contributed by atoms with Crippen LogP contribution in [-0.4, -0.2) is 26.0 Å². The molecule has 3 N–H and O–H groups in total. The van der Waals surface area contributed by atoms with Crippen molar-refractivity contribution in [2.45, 2.75) is 24.8 Å². The second-order valence-electron chi connectivity index (χ2n) is 4.39. The minimum atomic E-state index is -1.19. The molecule has 0 spiro atoms. The number of nitrogens with zero attached hydrogens (tertiary/aromatic N) is 2. The summed E-state index contributed by atoms with van der Waals surface area (Å²) in [5.41, 5.74) is 6.35. The average Bonchev–Trinajstić information content (AvgIpc) is 2.64. The number of carbonyl (C=O) groups is 1. The van der Waals surface area contributed by atoms with Gasteiger partial charge in [-0.25, -0.2) is 4.98 Å². The van der Waals surface area contributed by atoms with Gasteiger partial charge in [0.25, 0.3) is 0 Å². The molecule has 1 saturated carbocycles. The minimum Gasteiger partial charge on any atom is -0.480 e. The monoisotopic (exact) mass is 271 g/mol. The Labute approximate surface area is 106 Å². The molecule has 0 radical (unpaired) electrons. The van der Waals surface area contributed by atoms with Crippen LogP contribution in [0.2, 0.25) is 5.15 Å². The van der Waals surface area contributed by atoms with Gasteiger partial charge in [-0.3, -0.25) is 9.20 Å². The van der Waals surface area contributed by atoms with Crippen LogP contribution in [0.1, 0.15) is 23.7 Å². The number of nitrogens with two attached hydrogens (primary N) is 1. The van der Waals surface area contributed by atoms with Gasteiger partial charge in [0.2, 0.25) is 0 Å². The molecule has 0 bridgehead atoms. The molecule has 17 heavy (non-hydrogen) atoms. The number of hydrogen-bond acceptors (Lipinski definition) is 4. The zero-order valence-corrected chi connectivity index (χ0v) is 10.5. The average molecular weight is 272 g/mol. The Kier molecular flexibility index (Phi) is 2.08. The highest BCUT2D eigenvalue weighted by Crippen LogP contribution is 2.52. The molecule has 0 aromatic carbocycles. The SMILES string of the molecule is Cc1csc2nc(Cl)c(C3CC3(N)C(=O)O)n12. The summed E-state index contributed by atoms with van der Waals surface area (Å²) < 4.78 is 1.90. The first-order chi connectivity index (χ1) is 7.95. The van der Waals surface area contributed by atoms with Crippen LogP contribution in [-0.2, 0) is 4.79 Å². The number of carboxylic acid groups (broad SMARTS) is 1. The van der Waals surface area contributed by atoms with Gasteiger partial charge in [-0.1, -0.05) is 11.6 Å². The number of fused-ring (bicyclic) bond motifs is 1. The van der Waals surface area contributed by atoms with Crippen molar-refractivity contribution in [3.05, 3.63) is 21.9 Å². The molecule has 2 unspecified atom stereocenters. The maximum atomic E-state index is 11.1. The highest BCUT2D eigenvalue weighted by molar-refractivity contribution is 7.15. The third kappa shape index (κ3) is 1.34. The molecule has 90 valence electrons. The van der Waals surface area contributed by atoms with E-state index in [0.717, 1.165) is 16.3 Å². The van der Waals surface area contributed by atoms with Gasteiger partial charge in [0, 0.05) is 17.0 Å². The maximum absolute atomic E-state index is 11.1. The summed E-state index contributed by atoms with van der Waals surface area (Å²) in [6.07, 6.45) is 0.408. The molecule has 1 fully saturated rings. The quantitative estimate of drug-likeness (QED) is 0.870. The van der Waals surface area contributed by atoms with E-state index in [-0.39, 0.29) is 5.92 Å². The summed E-state index contributed by atoms with van der Waals surface area (Å²) in [7, 11) is 0. The number of rotatable bonds is 2. The van der Waals surface area contributed by atoms with Gasteiger partial charge in [-0.2, -0.15) is 0 Å². The van der Waals surface area contributed by atoms with Gasteiger partial charge < -0.3 is 10.8 Å². The van der Waals surface area contributed by atoms with Crippen molar-refractivity contribution in [3.8, 4) is 0 Å². The molecule has 0 amide bonds. The Balaban J connectivity index is 2.16. The first kappa shape index (κ1) is 11.0. The molecular weight excluding hydrogens is 262 g/mol. The second kappa shape index (κ2) is 3.22. The number of hydrogen-bond donors (Lipinski definition) is 2. The molecule has 1 aliphatic carbocycles. The Morgan fingerprint density at radius 1 is 1.82 bits per heavy atom. The normalized spacial score (nSPS) is 27.6. The number of aryl methyl sites for hydroxylation is 1. The number of halogens is 1. The van der Waals surface area contributed by atoms with Gasteiger partial charge in [0.15, 0.2) is 10.1 Å². The topological polar surface area (TPSA) is 80.6 Å². The van der Waals surface area contributed by atoms with E-state index in [9.17, 15) is 4.79 Å². The number of thiazole rings is 1. The smallest absolute Gasteiger partial charge is 0.324 e. The highest BCUT2D eigenvalue weighted by Gasteiger charge is 2.60. The molecule has 1 aliphatic rings. The lowest BCUT2D eigenvalue weighted by Crippen LogP contribution is -2.34. The third-order valence-corrected chi connectivity index (χ3v) is 4.48. The van der Waals surface area contributed by atoms with Crippen LogP contribution in [0.15, 0.2) is 5.38 Å². The first-order valence-corrected chi connectivity index (χ1v) is 6.35. The zero-order chi connectivity index (χ0) is 12.4. The molecule has 5 nitrogen and oxygen atoms in total. The van der Waals surface area contributed by atoms with Crippen LogP contribution in [0, 0.1) is 6.92 Å².